The van der Waals surface area contributed by atoms with Gasteiger partial charge in [0.1, 0.15) is 12.4 Å². The Morgan fingerprint density at radius 2 is 1.65 bits per heavy atom. The zero-order valence-corrected chi connectivity index (χ0v) is 19.1. The average molecular weight is 462 g/mol. The molecule has 0 saturated carbocycles. The summed E-state index contributed by atoms with van der Waals surface area (Å²) in [6, 6.07) is 22.6. The smallest absolute Gasteiger partial charge is 0.329 e. The van der Waals surface area contributed by atoms with Crippen molar-refractivity contribution in [1.29, 1.82) is 0 Å². The minimum absolute atomic E-state index is 0.284. The average Bonchev–Trinajstić information content (AvgIpc) is 2.88. The van der Waals surface area contributed by atoms with E-state index >= 15 is 0 Å². The third-order valence-corrected chi connectivity index (χ3v) is 4.84. The number of carbonyl (C=O) groups is 2. The SMILES string of the molecule is COc1ccc(CCNC(=O)C(=O)N/N=C/c2cccc(OCc3ccccc3)c2)cc1OC. The molecule has 8 heteroatoms. The van der Waals surface area contributed by atoms with Gasteiger partial charge in [0, 0.05) is 6.54 Å². The maximum Gasteiger partial charge on any atom is 0.329 e. The van der Waals surface area contributed by atoms with Crippen LogP contribution in [-0.2, 0) is 22.6 Å². The number of amides is 2. The number of hydrazone groups is 1. The molecule has 0 aliphatic carbocycles. The summed E-state index contributed by atoms with van der Waals surface area (Å²) in [5.74, 6) is 0.290. The van der Waals surface area contributed by atoms with Crippen LogP contribution >= 0.6 is 0 Å². The molecule has 0 bridgehead atoms. The Hall–Kier alpha value is -4.33. The largest absolute Gasteiger partial charge is 0.493 e. The summed E-state index contributed by atoms with van der Waals surface area (Å²) in [5.41, 5.74) is 4.95. The third kappa shape index (κ3) is 7.37. The number of rotatable bonds is 10. The standard InChI is InChI=1S/C26H27N3O5/c1-32-23-12-11-19(16-24(23)33-2)13-14-27-25(30)26(31)29-28-17-21-9-6-10-22(15-21)34-18-20-7-4-3-5-8-20/h3-12,15-17H,13-14,18H2,1-2H3,(H,27,30)(H,29,31)/b28-17+. The molecule has 0 atom stereocenters. The summed E-state index contributed by atoms with van der Waals surface area (Å²) in [6.07, 6.45) is 1.97. The van der Waals surface area contributed by atoms with Crippen molar-refractivity contribution < 1.29 is 23.8 Å². The van der Waals surface area contributed by atoms with Gasteiger partial charge in [0.2, 0.25) is 0 Å². The number of carbonyl (C=O) groups excluding carboxylic acids is 2. The lowest BCUT2D eigenvalue weighted by atomic mass is 10.1. The quantitative estimate of drug-likeness (QED) is 0.275. The summed E-state index contributed by atoms with van der Waals surface area (Å²) >= 11 is 0. The van der Waals surface area contributed by atoms with E-state index < -0.39 is 11.8 Å². The lowest BCUT2D eigenvalue weighted by molar-refractivity contribution is -0.139. The summed E-state index contributed by atoms with van der Waals surface area (Å²) in [5, 5.41) is 6.43. The second-order valence-electron chi connectivity index (χ2n) is 7.24. The van der Waals surface area contributed by atoms with Crippen molar-refractivity contribution in [3.8, 4) is 17.2 Å². The van der Waals surface area contributed by atoms with Gasteiger partial charge in [0.15, 0.2) is 11.5 Å². The van der Waals surface area contributed by atoms with Gasteiger partial charge in [0.05, 0.1) is 20.4 Å². The molecule has 8 nitrogen and oxygen atoms in total. The summed E-state index contributed by atoms with van der Waals surface area (Å²) in [4.78, 5) is 24.0. The van der Waals surface area contributed by atoms with Crippen LogP contribution in [0.25, 0.3) is 0 Å². The highest BCUT2D eigenvalue weighted by Gasteiger charge is 2.12. The molecule has 0 fully saturated rings. The number of nitrogens with one attached hydrogen (secondary N) is 2. The molecule has 0 aliphatic heterocycles. The Morgan fingerprint density at radius 3 is 2.41 bits per heavy atom. The normalized spacial score (nSPS) is 10.5. The molecule has 0 aromatic heterocycles. The number of ether oxygens (including phenoxy) is 3. The zero-order valence-electron chi connectivity index (χ0n) is 19.1. The van der Waals surface area contributed by atoms with Crippen LogP contribution in [0.2, 0.25) is 0 Å². The van der Waals surface area contributed by atoms with Crippen LogP contribution in [0.5, 0.6) is 17.2 Å². The van der Waals surface area contributed by atoms with Crippen molar-refractivity contribution in [3.05, 3.63) is 89.5 Å². The highest BCUT2D eigenvalue weighted by Crippen LogP contribution is 2.27. The van der Waals surface area contributed by atoms with Gasteiger partial charge in [-0.25, -0.2) is 5.43 Å². The van der Waals surface area contributed by atoms with Crippen LogP contribution in [0.15, 0.2) is 77.9 Å². The van der Waals surface area contributed by atoms with Crippen molar-refractivity contribution in [3.63, 3.8) is 0 Å². The van der Waals surface area contributed by atoms with E-state index in [1.165, 1.54) is 6.21 Å². The Balaban J connectivity index is 1.43. The van der Waals surface area contributed by atoms with E-state index in [2.05, 4.69) is 15.8 Å². The Morgan fingerprint density at radius 1 is 0.853 bits per heavy atom. The van der Waals surface area contributed by atoms with Gasteiger partial charge in [-0.2, -0.15) is 5.10 Å². The van der Waals surface area contributed by atoms with E-state index in [1.807, 2.05) is 60.7 Å². The molecule has 3 rings (SSSR count). The molecule has 3 aromatic rings. The first-order valence-corrected chi connectivity index (χ1v) is 10.7. The Kier molecular flexibility index (Phi) is 9.04. The number of hydrogen-bond acceptors (Lipinski definition) is 6. The van der Waals surface area contributed by atoms with E-state index in [4.69, 9.17) is 14.2 Å². The van der Waals surface area contributed by atoms with E-state index in [-0.39, 0.29) is 6.54 Å². The van der Waals surface area contributed by atoms with Crippen molar-refractivity contribution in [2.75, 3.05) is 20.8 Å². The lowest BCUT2D eigenvalue weighted by Gasteiger charge is -2.10. The molecule has 0 heterocycles. The molecule has 176 valence electrons. The maximum atomic E-state index is 12.0. The Bertz CT molecular complexity index is 1130. The van der Waals surface area contributed by atoms with E-state index in [9.17, 15) is 9.59 Å². The molecule has 3 aromatic carbocycles. The monoisotopic (exact) mass is 461 g/mol. The zero-order chi connectivity index (χ0) is 24.2. The number of methoxy groups -OCH3 is 2. The van der Waals surface area contributed by atoms with Crippen LogP contribution in [0, 0.1) is 0 Å². The molecule has 34 heavy (non-hydrogen) atoms. The first kappa shape index (κ1) is 24.3. The molecule has 0 radical (unpaired) electrons. The van der Waals surface area contributed by atoms with Gasteiger partial charge in [-0.05, 0) is 47.4 Å². The van der Waals surface area contributed by atoms with E-state index in [1.54, 1.807) is 26.4 Å². The van der Waals surface area contributed by atoms with Crippen molar-refractivity contribution in [1.82, 2.24) is 10.7 Å². The summed E-state index contributed by atoms with van der Waals surface area (Å²) in [6.45, 7) is 0.730. The molecule has 0 spiro atoms. The fraction of sp³-hybridized carbons (Fsp3) is 0.192. The van der Waals surface area contributed by atoms with Gasteiger partial charge in [0.25, 0.3) is 0 Å². The number of nitrogens with zero attached hydrogens (tertiary/aromatic N) is 1. The fourth-order valence-corrected chi connectivity index (χ4v) is 3.08. The predicted molar refractivity (Wildman–Crippen MR) is 129 cm³/mol. The second-order valence-corrected chi connectivity index (χ2v) is 7.24. The van der Waals surface area contributed by atoms with Crippen molar-refractivity contribution in [2.24, 2.45) is 5.10 Å². The highest BCUT2D eigenvalue weighted by atomic mass is 16.5. The van der Waals surface area contributed by atoms with Crippen LogP contribution in [0.3, 0.4) is 0 Å². The lowest BCUT2D eigenvalue weighted by Crippen LogP contribution is -2.38. The predicted octanol–water partition coefficient (Wildman–Crippen LogP) is 3.09. The van der Waals surface area contributed by atoms with Gasteiger partial charge >= 0.3 is 11.8 Å². The third-order valence-electron chi connectivity index (χ3n) is 4.84. The molecule has 2 N–H and O–H groups in total. The molecular formula is C26H27N3O5. The number of hydrogen-bond donors (Lipinski definition) is 2. The molecule has 0 saturated heterocycles. The van der Waals surface area contributed by atoms with Crippen LogP contribution < -0.4 is 25.0 Å². The van der Waals surface area contributed by atoms with Gasteiger partial charge in [-0.1, -0.05) is 48.5 Å². The highest BCUT2D eigenvalue weighted by molar-refractivity contribution is 6.35. The van der Waals surface area contributed by atoms with Gasteiger partial charge in [-0.3, -0.25) is 9.59 Å². The first-order valence-electron chi connectivity index (χ1n) is 10.7. The first-order chi connectivity index (χ1) is 16.6. The Labute approximate surface area is 198 Å². The second kappa shape index (κ2) is 12.6. The molecule has 0 unspecified atom stereocenters. The van der Waals surface area contributed by atoms with Gasteiger partial charge < -0.3 is 19.5 Å². The van der Waals surface area contributed by atoms with E-state index in [0.29, 0.717) is 30.3 Å². The minimum Gasteiger partial charge on any atom is -0.493 e. The minimum atomic E-state index is -0.847. The van der Waals surface area contributed by atoms with Crippen LogP contribution in [0.1, 0.15) is 16.7 Å². The molecule has 2 amide bonds. The summed E-state index contributed by atoms with van der Waals surface area (Å²) in [7, 11) is 3.12. The fourth-order valence-electron chi connectivity index (χ4n) is 3.08. The van der Waals surface area contributed by atoms with Crippen molar-refractivity contribution in [2.45, 2.75) is 13.0 Å². The van der Waals surface area contributed by atoms with Gasteiger partial charge in [-0.15, -0.1) is 0 Å². The maximum absolute atomic E-state index is 12.0. The van der Waals surface area contributed by atoms with Crippen molar-refractivity contribution >= 4 is 18.0 Å². The van der Waals surface area contributed by atoms with Crippen LogP contribution in [0.4, 0.5) is 0 Å². The summed E-state index contributed by atoms with van der Waals surface area (Å²) < 4.78 is 16.2. The molecule has 0 aliphatic rings. The van der Waals surface area contributed by atoms with E-state index in [0.717, 1.165) is 16.7 Å². The topological polar surface area (TPSA) is 98.2 Å². The molecular weight excluding hydrogens is 434 g/mol. The van der Waals surface area contributed by atoms with Crippen LogP contribution in [-0.4, -0.2) is 38.8 Å². The number of benzene rings is 3.